The molecule has 0 rings (SSSR count). The van der Waals surface area contributed by atoms with E-state index in [1.165, 1.54) is 405 Å². The van der Waals surface area contributed by atoms with E-state index < -0.39 is 12.1 Å². The second-order valence-electron chi connectivity index (χ2n) is 29.2. The van der Waals surface area contributed by atoms with Gasteiger partial charge in [0.15, 0.2) is 0 Å². The third-order valence-electron chi connectivity index (χ3n) is 19.9. The van der Waals surface area contributed by atoms with Crippen LogP contribution in [0.2, 0.25) is 0 Å². The Hall–Kier alpha value is -1.92. The zero-order valence-electron chi connectivity index (χ0n) is 62.6. The highest BCUT2D eigenvalue weighted by atomic mass is 16.5. The number of esters is 1. The van der Waals surface area contributed by atoms with Gasteiger partial charge in [0.1, 0.15) is 0 Å². The van der Waals surface area contributed by atoms with Crippen LogP contribution < -0.4 is 5.32 Å². The number of allylic oxidation sites excluding steroid dienone is 5. The first-order valence-corrected chi connectivity index (χ1v) is 42.3. The first-order valence-electron chi connectivity index (χ1n) is 42.3. The monoisotopic (exact) mass is 1290 g/mol. The van der Waals surface area contributed by atoms with Gasteiger partial charge in [-0.3, -0.25) is 9.59 Å². The largest absolute Gasteiger partial charge is 0.466 e. The second kappa shape index (κ2) is 81.5. The van der Waals surface area contributed by atoms with Gasteiger partial charge in [-0.05, 0) is 64.2 Å². The number of hydrogen-bond acceptors (Lipinski definition) is 5. The fourth-order valence-electron chi connectivity index (χ4n) is 13.5. The summed E-state index contributed by atoms with van der Waals surface area (Å²) < 4.78 is 5.52. The number of ether oxygens (including phenoxy) is 1. The highest BCUT2D eigenvalue weighted by Crippen LogP contribution is 2.20. The average molecular weight is 1290 g/mol. The Labute approximate surface area is 576 Å². The van der Waals surface area contributed by atoms with Crippen molar-refractivity contribution < 1.29 is 24.5 Å². The van der Waals surface area contributed by atoms with Crippen LogP contribution in [0.1, 0.15) is 476 Å². The molecule has 0 fully saturated rings. The molecule has 544 valence electrons. The summed E-state index contributed by atoms with van der Waals surface area (Å²) >= 11 is 0. The highest BCUT2D eigenvalue weighted by Gasteiger charge is 2.18. The third-order valence-corrected chi connectivity index (χ3v) is 19.9. The van der Waals surface area contributed by atoms with E-state index in [2.05, 4.69) is 43.5 Å². The van der Waals surface area contributed by atoms with Gasteiger partial charge in [0.25, 0.3) is 0 Å². The fraction of sp³-hybridized carbons (Fsp3) is 0.907. The van der Waals surface area contributed by atoms with E-state index in [9.17, 15) is 19.8 Å². The van der Waals surface area contributed by atoms with Crippen LogP contribution in [0, 0.1) is 0 Å². The number of aliphatic hydroxyl groups excluding tert-OH is 2. The molecule has 0 saturated carbocycles. The van der Waals surface area contributed by atoms with Crippen molar-refractivity contribution in [1.29, 1.82) is 0 Å². The van der Waals surface area contributed by atoms with Crippen LogP contribution in [0.25, 0.3) is 0 Å². The van der Waals surface area contributed by atoms with Crippen molar-refractivity contribution in [3.63, 3.8) is 0 Å². The highest BCUT2D eigenvalue weighted by molar-refractivity contribution is 5.76. The molecule has 0 spiro atoms. The van der Waals surface area contributed by atoms with Crippen molar-refractivity contribution >= 4 is 11.9 Å². The number of hydrogen-bond donors (Lipinski definition) is 3. The number of nitrogens with one attached hydrogen (secondary N) is 1. The van der Waals surface area contributed by atoms with Gasteiger partial charge in [0.2, 0.25) is 5.91 Å². The molecule has 2 atom stereocenters. The van der Waals surface area contributed by atoms with Crippen molar-refractivity contribution in [1.82, 2.24) is 5.32 Å². The van der Waals surface area contributed by atoms with Gasteiger partial charge < -0.3 is 20.3 Å². The Kier molecular flexibility index (Phi) is 79.8. The molecule has 6 nitrogen and oxygen atoms in total. The minimum atomic E-state index is -0.844. The first kappa shape index (κ1) is 90.1. The molecule has 0 aromatic carbocycles. The van der Waals surface area contributed by atoms with Gasteiger partial charge >= 0.3 is 5.97 Å². The number of amides is 1. The van der Waals surface area contributed by atoms with Gasteiger partial charge in [-0.15, -0.1) is 0 Å². The smallest absolute Gasteiger partial charge is 0.305 e. The van der Waals surface area contributed by atoms with Gasteiger partial charge in [0.05, 0.1) is 25.4 Å². The molecule has 0 saturated heterocycles. The standard InChI is InChI=1S/C86H165NO5/c1-3-5-7-9-11-13-15-17-19-21-42-46-50-54-58-62-66-70-74-78-84(89)83(82-88)87-85(90)79-75-71-67-63-59-55-51-47-44-40-38-36-34-32-30-28-26-24-23-25-27-29-31-33-35-37-39-41-45-49-53-57-61-65-69-73-77-81-92-86(91)80-76-72-68-64-60-56-52-48-43-22-20-18-16-14-12-10-8-6-4-2/h23,25,29,31,74,78,83-84,88-89H,3-22,24,26-28,30,32-73,75-77,79-82H2,1-2H3,(H,87,90)/b25-23-,31-29-,78-74+. The van der Waals surface area contributed by atoms with E-state index in [1.54, 1.807) is 6.08 Å². The number of carbonyl (C=O) groups excluding carboxylic acids is 2. The van der Waals surface area contributed by atoms with E-state index in [-0.39, 0.29) is 18.5 Å². The molecule has 0 bridgehead atoms. The summed E-state index contributed by atoms with van der Waals surface area (Å²) in [5.41, 5.74) is 0. The molecule has 0 aliphatic carbocycles. The summed E-state index contributed by atoms with van der Waals surface area (Å²) in [6, 6.07) is -0.627. The summed E-state index contributed by atoms with van der Waals surface area (Å²) in [5, 5.41) is 23.3. The topological polar surface area (TPSA) is 95.9 Å². The minimum Gasteiger partial charge on any atom is -0.466 e. The van der Waals surface area contributed by atoms with E-state index in [0.717, 1.165) is 44.9 Å². The van der Waals surface area contributed by atoms with Crippen molar-refractivity contribution in [3.05, 3.63) is 36.5 Å². The average Bonchev–Trinajstić information content (AvgIpc) is 3.77. The Balaban J connectivity index is 3.36. The summed E-state index contributed by atoms with van der Waals surface area (Å²) in [6.07, 6.45) is 107. The molecule has 0 radical (unpaired) electrons. The van der Waals surface area contributed by atoms with E-state index >= 15 is 0 Å². The normalized spacial score (nSPS) is 12.6. The zero-order chi connectivity index (χ0) is 66.3. The first-order chi connectivity index (χ1) is 45.5. The third kappa shape index (κ3) is 77.1. The Morgan fingerprint density at radius 1 is 0.304 bits per heavy atom. The van der Waals surface area contributed by atoms with Crippen LogP contribution in [0.3, 0.4) is 0 Å². The van der Waals surface area contributed by atoms with Crippen LogP contribution in [-0.2, 0) is 14.3 Å². The molecule has 1 amide bonds. The Bertz CT molecular complexity index is 1490. The van der Waals surface area contributed by atoms with E-state index in [4.69, 9.17) is 4.74 Å². The van der Waals surface area contributed by atoms with Gasteiger partial charge in [-0.1, -0.05) is 436 Å². The van der Waals surface area contributed by atoms with Crippen LogP contribution in [0.4, 0.5) is 0 Å². The lowest BCUT2D eigenvalue weighted by Gasteiger charge is -2.20. The molecule has 0 heterocycles. The molecule has 92 heavy (non-hydrogen) atoms. The zero-order valence-corrected chi connectivity index (χ0v) is 62.6. The van der Waals surface area contributed by atoms with Crippen LogP contribution in [-0.4, -0.2) is 47.4 Å². The van der Waals surface area contributed by atoms with Crippen molar-refractivity contribution in [2.45, 2.75) is 488 Å². The van der Waals surface area contributed by atoms with Gasteiger partial charge in [-0.2, -0.15) is 0 Å². The molecule has 0 aromatic heterocycles. The maximum absolute atomic E-state index is 12.5. The maximum atomic E-state index is 12.5. The number of aliphatic hydroxyl groups is 2. The predicted octanol–water partition coefficient (Wildman–Crippen LogP) is 28.2. The SMILES string of the molecule is CCCCCCCCCCCCCCCCCCC/C=C/C(O)C(CO)NC(=O)CCCCCCCCCCCCCCCCCCC/C=C\C/C=C\CCCCCCCCCCCCCCCOC(=O)CCCCCCCCCCCCCCCCCCCCC. The van der Waals surface area contributed by atoms with Crippen LogP contribution in [0.5, 0.6) is 0 Å². The van der Waals surface area contributed by atoms with Crippen LogP contribution >= 0.6 is 0 Å². The molecule has 3 N–H and O–H groups in total. The second-order valence-corrected chi connectivity index (χ2v) is 29.2. The number of carbonyl (C=O) groups is 2. The van der Waals surface area contributed by atoms with Crippen molar-refractivity contribution in [2.75, 3.05) is 13.2 Å². The summed E-state index contributed by atoms with van der Waals surface area (Å²) in [4.78, 5) is 24.7. The molecular weight excluding hydrogens is 1130 g/mol. The fourth-order valence-corrected chi connectivity index (χ4v) is 13.5. The maximum Gasteiger partial charge on any atom is 0.305 e. The number of rotatable bonds is 80. The van der Waals surface area contributed by atoms with Gasteiger partial charge in [-0.25, -0.2) is 0 Å². The Morgan fingerprint density at radius 3 is 0.826 bits per heavy atom. The lowest BCUT2D eigenvalue weighted by atomic mass is 10.0. The molecular formula is C86H165NO5. The molecule has 6 heteroatoms. The van der Waals surface area contributed by atoms with Crippen molar-refractivity contribution in [2.24, 2.45) is 0 Å². The van der Waals surface area contributed by atoms with E-state index in [1.807, 2.05) is 6.08 Å². The predicted molar refractivity (Wildman–Crippen MR) is 407 cm³/mol. The number of unbranched alkanes of at least 4 members (excludes halogenated alkanes) is 65. The van der Waals surface area contributed by atoms with E-state index in [0.29, 0.717) is 19.4 Å². The minimum absolute atomic E-state index is 0.0243. The van der Waals surface area contributed by atoms with Crippen LogP contribution in [0.15, 0.2) is 36.5 Å². The lowest BCUT2D eigenvalue weighted by Crippen LogP contribution is -2.45. The summed E-state index contributed by atoms with van der Waals surface area (Å²) in [7, 11) is 0. The van der Waals surface area contributed by atoms with Gasteiger partial charge in [0, 0.05) is 12.8 Å². The lowest BCUT2D eigenvalue weighted by molar-refractivity contribution is -0.143. The Morgan fingerprint density at radius 2 is 0.543 bits per heavy atom. The quantitative estimate of drug-likeness (QED) is 0.0320. The molecule has 0 aliphatic heterocycles. The summed E-state index contributed by atoms with van der Waals surface area (Å²) in [6.45, 7) is 4.96. The molecule has 0 aliphatic rings. The molecule has 0 aromatic rings. The summed E-state index contributed by atoms with van der Waals surface area (Å²) in [5.74, 6) is -0.0367. The molecule has 2 unspecified atom stereocenters. The van der Waals surface area contributed by atoms with Crippen molar-refractivity contribution in [3.8, 4) is 0 Å².